The molecule has 0 bridgehead atoms. The van der Waals surface area contributed by atoms with Crippen molar-refractivity contribution in [3.63, 3.8) is 0 Å². The van der Waals surface area contributed by atoms with Crippen LogP contribution in [0, 0.1) is 5.82 Å². The number of benzene rings is 2. The fourth-order valence-corrected chi connectivity index (χ4v) is 3.37. The molecule has 1 aromatic heterocycles. The van der Waals surface area contributed by atoms with Crippen LogP contribution in [0.4, 0.5) is 10.1 Å². The van der Waals surface area contributed by atoms with Gasteiger partial charge in [0.25, 0.3) is 0 Å². The van der Waals surface area contributed by atoms with E-state index in [0.29, 0.717) is 17.3 Å². The lowest BCUT2D eigenvalue weighted by Gasteiger charge is -2.08. The lowest BCUT2D eigenvalue weighted by Crippen LogP contribution is -2.15. The Labute approximate surface area is 155 Å². The Morgan fingerprint density at radius 1 is 1.15 bits per heavy atom. The minimum absolute atomic E-state index is 0.181. The number of thioether (sulfide) groups is 1. The van der Waals surface area contributed by atoms with Crippen LogP contribution >= 0.6 is 11.8 Å². The molecule has 0 radical (unpaired) electrons. The summed E-state index contributed by atoms with van der Waals surface area (Å²) in [6.07, 6.45) is 0.692. The Kier molecular flexibility index (Phi) is 6.01. The number of carbonyl (C=O) groups is 1. The predicted molar refractivity (Wildman–Crippen MR) is 101 cm³/mol. The molecule has 7 heteroatoms. The first kappa shape index (κ1) is 18.1. The van der Waals surface area contributed by atoms with Crippen LogP contribution in [0.3, 0.4) is 0 Å². The average Bonchev–Trinajstić information content (AvgIpc) is 3.02. The van der Waals surface area contributed by atoms with Gasteiger partial charge in [0.15, 0.2) is 5.16 Å². The fraction of sp³-hybridized carbons (Fsp3) is 0.211. The fourth-order valence-electron chi connectivity index (χ4n) is 2.55. The highest BCUT2D eigenvalue weighted by molar-refractivity contribution is 7.99. The van der Waals surface area contributed by atoms with Gasteiger partial charge in [0, 0.05) is 18.7 Å². The van der Waals surface area contributed by atoms with E-state index in [4.69, 9.17) is 0 Å². The number of anilines is 1. The van der Waals surface area contributed by atoms with E-state index in [9.17, 15) is 9.18 Å². The highest BCUT2D eigenvalue weighted by atomic mass is 32.2. The van der Waals surface area contributed by atoms with Gasteiger partial charge in [-0.05, 0) is 30.7 Å². The molecule has 3 aromatic rings. The van der Waals surface area contributed by atoms with E-state index in [1.807, 2.05) is 41.8 Å². The van der Waals surface area contributed by atoms with Gasteiger partial charge in [-0.1, -0.05) is 48.2 Å². The van der Waals surface area contributed by atoms with Gasteiger partial charge in [-0.25, -0.2) is 4.39 Å². The van der Waals surface area contributed by atoms with Gasteiger partial charge in [-0.2, -0.15) is 0 Å². The lowest BCUT2D eigenvalue weighted by atomic mass is 10.1. The molecule has 1 heterocycles. The quantitative estimate of drug-likeness (QED) is 0.644. The Balaban J connectivity index is 1.62. The number of rotatable bonds is 7. The Hall–Kier alpha value is -2.67. The highest BCUT2D eigenvalue weighted by Gasteiger charge is 2.13. The molecule has 0 atom stereocenters. The third-order valence-corrected chi connectivity index (χ3v) is 4.72. The Morgan fingerprint density at radius 3 is 2.69 bits per heavy atom. The van der Waals surface area contributed by atoms with Crippen molar-refractivity contribution in [2.24, 2.45) is 0 Å². The molecule has 0 spiro atoms. The molecule has 5 nitrogen and oxygen atoms in total. The van der Waals surface area contributed by atoms with Crippen LogP contribution in [0.1, 0.15) is 18.3 Å². The topological polar surface area (TPSA) is 59.8 Å². The second kappa shape index (κ2) is 8.62. The number of hydrogen-bond acceptors (Lipinski definition) is 4. The maximum atomic E-state index is 13.2. The van der Waals surface area contributed by atoms with E-state index in [-0.39, 0.29) is 17.5 Å². The van der Waals surface area contributed by atoms with Gasteiger partial charge in [0.05, 0.1) is 5.75 Å². The van der Waals surface area contributed by atoms with Crippen molar-refractivity contribution in [2.75, 3.05) is 11.1 Å². The van der Waals surface area contributed by atoms with Crippen LogP contribution in [0.2, 0.25) is 0 Å². The van der Waals surface area contributed by atoms with E-state index in [1.54, 1.807) is 12.1 Å². The summed E-state index contributed by atoms with van der Waals surface area (Å²) in [6, 6.07) is 15.9. The zero-order valence-corrected chi connectivity index (χ0v) is 15.2. The zero-order valence-electron chi connectivity index (χ0n) is 14.4. The van der Waals surface area contributed by atoms with Crippen LogP contribution in [0.25, 0.3) is 0 Å². The third-order valence-electron chi connectivity index (χ3n) is 3.76. The van der Waals surface area contributed by atoms with Crippen LogP contribution in [0.15, 0.2) is 59.8 Å². The van der Waals surface area contributed by atoms with Crippen LogP contribution in [0.5, 0.6) is 0 Å². The van der Waals surface area contributed by atoms with Crippen molar-refractivity contribution >= 4 is 23.4 Å². The summed E-state index contributed by atoms with van der Waals surface area (Å²) in [5.41, 5.74) is 1.60. The third kappa shape index (κ3) is 4.70. The van der Waals surface area contributed by atoms with Gasteiger partial charge in [0.1, 0.15) is 11.6 Å². The molecule has 26 heavy (non-hydrogen) atoms. The summed E-state index contributed by atoms with van der Waals surface area (Å²) in [4.78, 5) is 12.1. The van der Waals surface area contributed by atoms with Gasteiger partial charge in [-0.3, -0.25) is 4.79 Å². The van der Waals surface area contributed by atoms with Gasteiger partial charge >= 0.3 is 0 Å². The second-order valence-corrected chi connectivity index (χ2v) is 6.60. The van der Waals surface area contributed by atoms with Crippen molar-refractivity contribution in [3.05, 3.63) is 71.8 Å². The second-order valence-electron chi connectivity index (χ2n) is 5.65. The number of nitrogens with one attached hydrogen (secondary N) is 1. The van der Waals surface area contributed by atoms with Crippen molar-refractivity contribution in [1.82, 2.24) is 14.8 Å². The maximum absolute atomic E-state index is 13.2. The molecule has 2 aromatic carbocycles. The Bertz CT molecular complexity index is 882. The lowest BCUT2D eigenvalue weighted by molar-refractivity contribution is -0.113. The molecular formula is C19H19FN4OS. The van der Waals surface area contributed by atoms with Crippen molar-refractivity contribution in [3.8, 4) is 0 Å². The summed E-state index contributed by atoms with van der Waals surface area (Å²) in [5.74, 6) is 0.453. The van der Waals surface area contributed by atoms with Gasteiger partial charge in [-0.15, -0.1) is 10.2 Å². The maximum Gasteiger partial charge on any atom is 0.234 e. The SMILES string of the molecule is CCn1c(Cc2ccccc2)nnc1SCC(=O)Nc1cccc(F)c1. The average molecular weight is 370 g/mol. The first-order valence-corrected chi connectivity index (χ1v) is 9.28. The molecule has 134 valence electrons. The first-order chi connectivity index (χ1) is 12.7. The summed E-state index contributed by atoms with van der Waals surface area (Å²) in [6.45, 7) is 2.75. The number of halogens is 1. The van der Waals surface area contributed by atoms with Crippen LogP contribution < -0.4 is 5.32 Å². The summed E-state index contributed by atoms with van der Waals surface area (Å²) >= 11 is 1.32. The molecule has 1 amide bonds. The minimum Gasteiger partial charge on any atom is -0.325 e. The predicted octanol–water partition coefficient (Wildman–Crippen LogP) is 3.76. The summed E-state index contributed by atoms with van der Waals surface area (Å²) in [5, 5.41) is 11.9. The molecule has 0 aliphatic carbocycles. The molecule has 0 fully saturated rings. The van der Waals surface area contributed by atoms with E-state index in [1.165, 1.54) is 23.9 Å². The summed E-state index contributed by atoms with van der Waals surface area (Å²) in [7, 11) is 0. The minimum atomic E-state index is -0.383. The van der Waals surface area contributed by atoms with Crippen molar-refractivity contribution < 1.29 is 9.18 Å². The summed E-state index contributed by atoms with van der Waals surface area (Å²) < 4.78 is 15.2. The number of carbonyl (C=O) groups excluding carboxylic acids is 1. The first-order valence-electron chi connectivity index (χ1n) is 8.30. The molecule has 0 aliphatic heterocycles. The number of aromatic nitrogens is 3. The number of nitrogens with zero attached hydrogens (tertiary/aromatic N) is 3. The van der Waals surface area contributed by atoms with Crippen molar-refractivity contribution in [2.45, 2.75) is 25.0 Å². The van der Waals surface area contributed by atoms with E-state index in [2.05, 4.69) is 15.5 Å². The van der Waals surface area contributed by atoms with Gasteiger partial charge in [0.2, 0.25) is 5.91 Å². The molecular weight excluding hydrogens is 351 g/mol. The molecule has 1 N–H and O–H groups in total. The molecule has 0 saturated carbocycles. The van der Waals surface area contributed by atoms with Gasteiger partial charge < -0.3 is 9.88 Å². The zero-order chi connectivity index (χ0) is 18.4. The van der Waals surface area contributed by atoms with Crippen molar-refractivity contribution in [1.29, 1.82) is 0 Å². The number of amides is 1. The monoisotopic (exact) mass is 370 g/mol. The highest BCUT2D eigenvalue weighted by Crippen LogP contribution is 2.19. The number of hydrogen-bond donors (Lipinski definition) is 1. The smallest absolute Gasteiger partial charge is 0.234 e. The van der Waals surface area contributed by atoms with E-state index >= 15 is 0 Å². The van der Waals surface area contributed by atoms with E-state index < -0.39 is 0 Å². The Morgan fingerprint density at radius 2 is 1.96 bits per heavy atom. The molecule has 3 rings (SSSR count). The molecule has 0 saturated heterocycles. The van der Waals surface area contributed by atoms with Crippen LogP contribution in [-0.4, -0.2) is 26.4 Å². The molecule has 0 aliphatic rings. The standard InChI is InChI=1S/C19H19FN4OS/c1-2-24-17(11-14-7-4-3-5-8-14)22-23-19(24)26-13-18(25)21-16-10-6-9-15(20)12-16/h3-10,12H,2,11,13H2,1H3,(H,21,25). The normalized spacial score (nSPS) is 10.7. The van der Waals surface area contributed by atoms with E-state index in [0.717, 1.165) is 17.9 Å². The largest absolute Gasteiger partial charge is 0.325 e. The van der Waals surface area contributed by atoms with Crippen LogP contribution in [-0.2, 0) is 17.8 Å². The molecule has 0 unspecified atom stereocenters.